The quantitative estimate of drug-likeness (QED) is 0.805. The Balaban J connectivity index is 0.00000121. The van der Waals surface area contributed by atoms with Crippen molar-refractivity contribution in [3.8, 4) is 5.75 Å². The minimum atomic E-state index is 0. The summed E-state index contributed by atoms with van der Waals surface area (Å²) in [4.78, 5) is 0. The predicted octanol–water partition coefficient (Wildman–Crippen LogP) is 1.99. The fraction of sp³-hybridized carbons (Fsp3) is 0.333. The van der Waals surface area contributed by atoms with Crippen LogP contribution in [0.25, 0.3) is 0 Å². The van der Waals surface area contributed by atoms with Crippen LogP contribution in [-0.4, -0.2) is 13.2 Å². The van der Waals surface area contributed by atoms with Crippen molar-refractivity contribution in [3.05, 3.63) is 30.3 Å². The Morgan fingerprint density at radius 1 is 1.17 bits per heavy atom. The Kier molecular flexibility index (Phi) is 6.81. The average molecular weight is 232 g/mol. The van der Waals surface area contributed by atoms with Crippen molar-refractivity contribution in [1.82, 2.24) is 0 Å². The predicted molar refractivity (Wildman–Crippen MR) is 55.9 cm³/mol. The van der Waals surface area contributed by atoms with Gasteiger partial charge in [-0.3, -0.25) is 0 Å². The van der Waals surface area contributed by atoms with Crippen LogP contribution in [0.15, 0.2) is 30.3 Å². The van der Waals surface area contributed by atoms with E-state index in [1.165, 1.54) is 0 Å². The molecule has 0 aliphatic rings. The van der Waals surface area contributed by atoms with Gasteiger partial charge in [-0.05, 0) is 25.1 Å². The number of benzene rings is 1. The minimum Gasteiger partial charge on any atom is -0.494 e. The van der Waals surface area contributed by atoms with Crippen molar-refractivity contribution >= 4 is 17.0 Å². The molecule has 0 heterocycles. The molecule has 0 spiro atoms. The molecule has 1 rings (SSSR count). The number of para-hydroxylation sites is 1. The molecule has 0 radical (unpaired) electrons. The lowest BCUT2D eigenvalue weighted by Crippen LogP contribution is -2.05. The number of hydrogen-bond donors (Lipinski definition) is 1. The molecular formula is C9H14BrNO. The number of rotatable bonds is 4. The summed E-state index contributed by atoms with van der Waals surface area (Å²) in [5, 5.41) is 0. The highest BCUT2D eigenvalue weighted by atomic mass is 79.9. The van der Waals surface area contributed by atoms with E-state index in [1.54, 1.807) is 0 Å². The molecule has 0 aliphatic heterocycles. The third kappa shape index (κ3) is 4.36. The number of ether oxygens (including phenoxy) is 1. The fourth-order valence-corrected chi connectivity index (χ4v) is 0.790. The average Bonchev–Trinajstić information content (AvgIpc) is 2.07. The molecule has 1 aromatic carbocycles. The normalized spacial score (nSPS) is 8.75. The van der Waals surface area contributed by atoms with Gasteiger partial charge >= 0.3 is 0 Å². The molecule has 0 aliphatic carbocycles. The Morgan fingerprint density at radius 3 is 2.42 bits per heavy atom. The van der Waals surface area contributed by atoms with Gasteiger partial charge in [0.05, 0.1) is 6.61 Å². The second kappa shape index (κ2) is 7.13. The molecule has 0 unspecified atom stereocenters. The van der Waals surface area contributed by atoms with Crippen LogP contribution in [0.4, 0.5) is 0 Å². The molecule has 3 heteroatoms. The first kappa shape index (κ1) is 11.5. The van der Waals surface area contributed by atoms with Crippen LogP contribution in [0.3, 0.4) is 0 Å². The first-order valence-electron chi connectivity index (χ1n) is 3.81. The van der Waals surface area contributed by atoms with Crippen LogP contribution in [0.1, 0.15) is 6.42 Å². The van der Waals surface area contributed by atoms with Crippen LogP contribution >= 0.6 is 17.0 Å². The molecule has 2 nitrogen and oxygen atoms in total. The second-order valence-corrected chi connectivity index (χ2v) is 2.30. The zero-order valence-electron chi connectivity index (χ0n) is 6.90. The molecule has 0 saturated carbocycles. The first-order chi connectivity index (χ1) is 5.43. The van der Waals surface area contributed by atoms with E-state index in [9.17, 15) is 0 Å². The zero-order valence-corrected chi connectivity index (χ0v) is 8.61. The van der Waals surface area contributed by atoms with E-state index in [-0.39, 0.29) is 17.0 Å². The SMILES string of the molecule is Br.NCCCOc1ccccc1. The Labute approximate surface area is 83.5 Å². The van der Waals surface area contributed by atoms with E-state index in [0.29, 0.717) is 13.2 Å². The van der Waals surface area contributed by atoms with E-state index in [0.717, 1.165) is 12.2 Å². The highest BCUT2D eigenvalue weighted by molar-refractivity contribution is 8.93. The summed E-state index contributed by atoms with van der Waals surface area (Å²) in [7, 11) is 0. The maximum absolute atomic E-state index is 5.37. The molecule has 1 aromatic rings. The van der Waals surface area contributed by atoms with Gasteiger partial charge in [-0.25, -0.2) is 0 Å². The van der Waals surface area contributed by atoms with Crippen molar-refractivity contribution in [2.24, 2.45) is 5.73 Å². The summed E-state index contributed by atoms with van der Waals surface area (Å²) in [5.74, 6) is 0.918. The minimum absolute atomic E-state index is 0. The summed E-state index contributed by atoms with van der Waals surface area (Å²) in [6, 6.07) is 9.76. The first-order valence-corrected chi connectivity index (χ1v) is 3.81. The zero-order chi connectivity index (χ0) is 7.94. The molecule has 68 valence electrons. The van der Waals surface area contributed by atoms with Gasteiger partial charge in [0.25, 0.3) is 0 Å². The number of halogens is 1. The van der Waals surface area contributed by atoms with E-state index < -0.39 is 0 Å². The van der Waals surface area contributed by atoms with E-state index in [1.807, 2.05) is 30.3 Å². The molecule has 0 aromatic heterocycles. The Bertz CT molecular complexity index is 191. The standard InChI is InChI=1S/C9H13NO.BrH/c10-7-4-8-11-9-5-2-1-3-6-9;/h1-3,5-6H,4,7-8,10H2;1H. The van der Waals surface area contributed by atoms with Crippen molar-refractivity contribution in [2.45, 2.75) is 6.42 Å². The molecule has 0 atom stereocenters. The van der Waals surface area contributed by atoms with Gasteiger partial charge < -0.3 is 10.5 Å². The van der Waals surface area contributed by atoms with Gasteiger partial charge in [-0.2, -0.15) is 0 Å². The van der Waals surface area contributed by atoms with Crippen LogP contribution in [0.2, 0.25) is 0 Å². The second-order valence-electron chi connectivity index (χ2n) is 2.30. The monoisotopic (exact) mass is 231 g/mol. The fourth-order valence-electron chi connectivity index (χ4n) is 0.790. The summed E-state index contributed by atoms with van der Waals surface area (Å²) in [6.07, 6.45) is 0.912. The summed E-state index contributed by atoms with van der Waals surface area (Å²) >= 11 is 0. The third-order valence-corrected chi connectivity index (χ3v) is 1.36. The summed E-state index contributed by atoms with van der Waals surface area (Å²) in [5.41, 5.74) is 5.31. The molecule has 0 saturated heterocycles. The van der Waals surface area contributed by atoms with E-state index >= 15 is 0 Å². The molecule has 0 fully saturated rings. The molecular weight excluding hydrogens is 218 g/mol. The van der Waals surface area contributed by atoms with Crippen LogP contribution < -0.4 is 10.5 Å². The van der Waals surface area contributed by atoms with Crippen LogP contribution in [0, 0.1) is 0 Å². The summed E-state index contributed by atoms with van der Waals surface area (Å²) < 4.78 is 5.37. The van der Waals surface area contributed by atoms with E-state index in [2.05, 4.69) is 0 Å². The maximum atomic E-state index is 5.37. The van der Waals surface area contributed by atoms with Gasteiger partial charge in [-0.15, -0.1) is 17.0 Å². The van der Waals surface area contributed by atoms with Crippen molar-refractivity contribution in [2.75, 3.05) is 13.2 Å². The van der Waals surface area contributed by atoms with Gasteiger partial charge in [0.2, 0.25) is 0 Å². The maximum Gasteiger partial charge on any atom is 0.119 e. The van der Waals surface area contributed by atoms with Crippen molar-refractivity contribution < 1.29 is 4.74 Å². The lowest BCUT2D eigenvalue weighted by atomic mass is 10.3. The highest BCUT2D eigenvalue weighted by Crippen LogP contribution is 2.07. The number of hydrogen-bond acceptors (Lipinski definition) is 2. The Morgan fingerprint density at radius 2 is 1.83 bits per heavy atom. The van der Waals surface area contributed by atoms with Crippen molar-refractivity contribution in [3.63, 3.8) is 0 Å². The topological polar surface area (TPSA) is 35.2 Å². The Hall–Kier alpha value is -0.540. The van der Waals surface area contributed by atoms with Crippen molar-refractivity contribution in [1.29, 1.82) is 0 Å². The van der Waals surface area contributed by atoms with E-state index in [4.69, 9.17) is 10.5 Å². The number of nitrogens with two attached hydrogens (primary N) is 1. The third-order valence-electron chi connectivity index (χ3n) is 1.36. The van der Waals surface area contributed by atoms with Gasteiger partial charge in [-0.1, -0.05) is 18.2 Å². The largest absolute Gasteiger partial charge is 0.494 e. The van der Waals surface area contributed by atoms with Gasteiger partial charge in [0, 0.05) is 0 Å². The molecule has 0 bridgehead atoms. The molecule has 12 heavy (non-hydrogen) atoms. The van der Waals surface area contributed by atoms with Gasteiger partial charge in [0.15, 0.2) is 0 Å². The van der Waals surface area contributed by atoms with Crippen LogP contribution in [-0.2, 0) is 0 Å². The highest BCUT2D eigenvalue weighted by Gasteiger charge is 1.88. The van der Waals surface area contributed by atoms with Crippen LogP contribution in [0.5, 0.6) is 5.75 Å². The smallest absolute Gasteiger partial charge is 0.119 e. The molecule has 2 N–H and O–H groups in total. The lowest BCUT2D eigenvalue weighted by Gasteiger charge is -2.03. The lowest BCUT2D eigenvalue weighted by molar-refractivity contribution is 0.313. The molecule has 0 amide bonds. The summed E-state index contributed by atoms with van der Waals surface area (Å²) in [6.45, 7) is 1.40. The van der Waals surface area contributed by atoms with Gasteiger partial charge in [0.1, 0.15) is 5.75 Å².